The Labute approximate surface area is 242 Å². The molecule has 2 heterocycles. The van der Waals surface area contributed by atoms with Crippen molar-refractivity contribution in [3.63, 3.8) is 0 Å². The number of amides is 1. The standard InChI is InChI=1S/C31H42N2O8/c1-20(2)18-38-28-21(3)41-31(36)25(14-10-9-13-24(28)17-23-11-7-6-8-12-23)33-30(35)27-29(40-19-39-22(4)34)26(37-5)15-16-32-27/h6-8,11-12,15-16,20-21,24-25,28H,9-10,13-14,17-19H2,1-5H3,(H,33,35)/t21-,24+,25-,28-/m0/s1. The van der Waals surface area contributed by atoms with E-state index >= 15 is 0 Å². The lowest BCUT2D eigenvalue weighted by atomic mass is 9.86. The Hall–Kier alpha value is -3.66. The lowest BCUT2D eigenvalue weighted by Gasteiger charge is -2.34. The topological polar surface area (TPSA) is 122 Å². The summed E-state index contributed by atoms with van der Waals surface area (Å²) < 4.78 is 27.9. The zero-order chi connectivity index (χ0) is 29.8. The molecule has 2 aromatic rings. The predicted octanol–water partition coefficient (Wildman–Crippen LogP) is 4.49. The van der Waals surface area contributed by atoms with Crippen LogP contribution in [-0.4, -0.2) is 61.6 Å². The van der Waals surface area contributed by atoms with E-state index in [9.17, 15) is 14.4 Å². The fourth-order valence-electron chi connectivity index (χ4n) is 4.88. The maximum Gasteiger partial charge on any atom is 0.329 e. The molecule has 10 heteroatoms. The Kier molecular flexibility index (Phi) is 12.4. The molecule has 0 unspecified atom stereocenters. The molecule has 0 bridgehead atoms. The van der Waals surface area contributed by atoms with Gasteiger partial charge in [-0.3, -0.25) is 9.59 Å². The van der Waals surface area contributed by atoms with E-state index < -0.39 is 36.8 Å². The molecule has 4 atom stereocenters. The molecule has 0 radical (unpaired) electrons. The van der Waals surface area contributed by atoms with Crippen molar-refractivity contribution >= 4 is 17.8 Å². The second kappa shape index (κ2) is 16.0. The first-order valence-electron chi connectivity index (χ1n) is 14.2. The molecule has 1 aliphatic heterocycles. The van der Waals surface area contributed by atoms with Gasteiger partial charge in [0.2, 0.25) is 6.79 Å². The summed E-state index contributed by atoms with van der Waals surface area (Å²) in [6.45, 7) is 7.40. The number of nitrogens with one attached hydrogen (secondary N) is 1. The second-order valence-electron chi connectivity index (χ2n) is 10.7. The van der Waals surface area contributed by atoms with Gasteiger partial charge < -0.3 is 29.0 Å². The van der Waals surface area contributed by atoms with Crippen molar-refractivity contribution in [2.24, 2.45) is 11.8 Å². The van der Waals surface area contributed by atoms with Crippen LogP contribution in [0.1, 0.15) is 69.4 Å². The molecule has 1 aromatic heterocycles. The van der Waals surface area contributed by atoms with E-state index in [-0.39, 0.29) is 29.2 Å². The van der Waals surface area contributed by atoms with Crippen LogP contribution >= 0.6 is 0 Å². The Balaban J connectivity index is 1.77. The molecule has 1 aliphatic rings. The van der Waals surface area contributed by atoms with Crippen LogP contribution in [0.3, 0.4) is 0 Å². The van der Waals surface area contributed by atoms with Crippen LogP contribution in [0, 0.1) is 11.8 Å². The summed E-state index contributed by atoms with van der Waals surface area (Å²) in [6, 6.07) is 10.9. The lowest BCUT2D eigenvalue weighted by molar-refractivity contribution is -0.163. The van der Waals surface area contributed by atoms with Gasteiger partial charge in [0.1, 0.15) is 12.1 Å². The van der Waals surface area contributed by atoms with E-state index in [1.165, 1.54) is 31.9 Å². The fraction of sp³-hybridized carbons (Fsp3) is 0.548. The van der Waals surface area contributed by atoms with E-state index in [1.807, 2.05) is 25.1 Å². The van der Waals surface area contributed by atoms with Crippen LogP contribution in [-0.2, 0) is 30.2 Å². The summed E-state index contributed by atoms with van der Waals surface area (Å²) in [5.74, 6) is -0.986. The highest BCUT2D eigenvalue weighted by atomic mass is 16.7. The highest BCUT2D eigenvalue weighted by molar-refractivity contribution is 5.98. The number of carbonyl (C=O) groups is 3. The van der Waals surface area contributed by atoms with Gasteiger partial charge in [0.25, 0.3) is 5.91 Å². The third-order valence-electron chi connectivity index (χ3n) is 6.87. The average molecular weight is 571 g/mol. The summed E-state index contributed by atoms with van der Waals surface area (Å²) in [5.41, 5.74) is 1.12. The monoisotopic (exact) mass is 570 g/mol. The number of methoxy groups -OCH3 is 1. The molecule has 0 spiro atoms. The lowest BCUT2D eigenvalue weighted by Crippen LogP contribution is -2.47. The summed E-state index contributed by atoms with van der Waals surface area (Å²) in [4.78, 5) is 42.0. The van der Waals surface area contributed by atoms with Gasteiger partial charge in [0.15, 0.2) is 17.2 Å². The fourth-order valence-corrected chi connectivity index (χ4v) is 4.88. The van der Waals surface area contributed by atoms with E-state index in [4.69, 9.17) is 23.7 Å². The van der Waals surface area contributed by atoms with Gasteiger partial charge >= 0.3 is 11.9 Å². The Morgan fingerprint density at radius 1 is 1.12 bits per heavy atom. The molecule has 3 rings (SSSR count). The number of ether oxygens (including phenoxy) is 5. The van der Waals surface area contributed by atoms with Crippen molar-refractivity contribution in [2.75, 3.05) is 20.5 Å². The Bertz CT molecular complexity index is 1140. The minimum absolute atomic E-state index is 0.00116. The van der Waals surface area contributed by atoms with Gasteiger partial charge in [-0.2, -0.15) is 0 Å². The number of hydrogen-bond acceptors (Lipinski definition) is 9. The van der Waals surface area contributed by atoms with E-state index in [0.29, 0.717) is 25.4 Å². The number of pyridine rings is 1. The summed E-state index contributed by atoms with van der Waals surface area (Å²) in [5, 5.41) is 2.77. The molecule has 1 amide bonds. The molecule has 1 fully saturated rings. The van der Waals surface area contributed by atoms with Crippen LogP contribution < -0.4 is 14.8 Å². The van der Waals surface area contributed by atoms with Crippen molar-refractivity contribution in [3.05, 3.63) is 53.9 Å². The van der Waals surface area contributed by atoms with Crippen molar-refractivity contribution < 1.29 is 38.1 Å². The SMILES string of the molecule is COc1ccnc(C(=O)N[C@H]2CCCC[C@H](Cc3ccccc3)[C@@H](OCC(C)C)[C@H](C)OC2=O)c1OCOC(C)=O. The smallest absolute Gasteiger partial charge is 0.329 e. The Morgan fingerprint density at radius 3 is 2.54 bits per heavy atom. The van der Waals surface area contributed by atoms with Crippen molar-refractivity contribution in [2.45, 2.75) is 78.0 Å². The highest BCUT2D eigenvalue weighted by Gasteiger charge is 2.35. The number of carbonyl (C=O) groups excluding carboxylic acids is 3. The molecule has 1 saturated heterocycles. The van der Waals surface area contributed by atoms with Crippen LogP contribution in [0.25, 0.3) is 0 Å². The third kappa shape index (κ3) is 9.74. The third-order valence-corrected chi connectivity index (χ3v) is 6.87. The normalized spacial score (nSPS) is 21.5. The number of nitrogens with zero attached hydrogens (tertiary/aromatic N) is 1. The quantitative estimate of drug-likeness (QED) is 0.307. The molecule has 1 aromatic carbocycles. The molecule has 41 heavy (non-hydrogen) atoms. The van der Waals surface area contributed by atoms with Gasteiger partial charge in [-0.1, -0.05) is 57.0 Å². The number of cyclic esters (lactones) is 1. The van der Waals surface area contributed by atoms with Gasteiger partial charge in [-0.15, -0.1) is 0 Å². The first kappa shape index (κ1) is 31.9. The maximum atomic E-state index is 13.4. The van der Waals surface area contributed by atoms with Crippen molar-refractivity contribution in [1.82, 2.24) is 10.3 Å². The van der Waals surface area contributed by atoms with Gasteiger partial charge in [-0.25, -0.2) is 9.78 Å². The molecule has 0 aliphatic carbocycles. The second-order valence-corrected chi connectivity index (χ2v) is 10.7. The minimum atomic E-state index is -0.893. The van der Waals surface area contributed by atoms with Crippen molar-refractivity contribution in [1.29, 1.82) is 0 Å². The molecular weight excluding hydrogens is 528 g/mol. The van der Waals surface area contributed by atoms with Crippen LogP contribution in [0.5, 0.6) is 11.5 Å². The first-order valence-corrected chi connectivity index (χ1v) is 14.2. The van der Waals surface area contributed by atoms with E-state index in [1.54, 1.807) is 0 Å². The zero-order valence-electron chi connectivity index (χ0n) is 24.6. The number of aromatic nitrogens is 1. The first-order chi connectivity index (χ1) is 19.7. The highest BCUT2D eigenvalue weighted by Crippen LogP contribution is 2.31. The summed E-state index contributed by atoms with van der Waals surface area (Å²) in [6.07, 6.45) is 4.26. The van der Waals surface area contributed by atoms with Crippen molar-refractivity contribution in [3.8, 4) is 11.5 Å². The molecular formula is C31H42N2O8. The molecule has 10 nitrogen and oxygen atoms in total. The largest absolute Gasteiger partial charge is 0.493 e. The van der Waals surface area contributed by atoms with Gasteiger partial charge in [0, 0.05) is 25.8 Å². The minimum Gasteiger partial charge on any atom is -0.493 e. The zero-order valence-corrected chi connectivity index (χ0v) is 24.6. The van der Waals surface area contributed by atoms with Gasteiger partial charge in [-0.05, 0) is 43.6 Å². The summed E-state index contributed by atoms with van der Waals surface area (Å²) >= 11 is 0. The molecule has 1 N–H and O–H groups in total. The van der Waals surface area contributed by atoms with E-state index in [2.05, 4.69) is 36.3 Å². The Morgan fingerprint density at radius 2 is 1.85 bits per heavy atom. The number of rotatable bonds is 11. The maximum absolute atomic E-state index is 13.4. The van der Waals surface area contributed by atoms with E-state index in [0.717, 1.165) is 19.3 Å². The number of hydrogen-bond donors (Lipinski definition) is 1. The average Bonchev–Trinajstić information content (AvgIpc) is 2.94. The summed E-state index contributed by atoms with van der Waals surface area (Å²) in [7, 11) is 1.42. The molecule has 0 saturated carbocycles. The number of esters is 2. The molecule has 224 valence electrons. The van der Waals surface area contributed by atoms with Crippen LogP contribution in [0.15, 0.2) is 42.6 Å². The predicted molar refractivity (Wildman–Crippen MR) is 152 cm³/mol. The van der Waals surface area contributed by atoms with Crippen LogP contribution in [0.2, 0.25) is 0 Å². The van der Waals surface area contributed by atoms with Gasteiger partial charge in [0.05, 0.1) is 13.2 Å². The number of benzene rings is 1. The van der Waals surface area contributed by atoms with Crippen LogP contribution in [0.4, 0.5) is 0 Å².